The largest absolute Gasteiger partial charge is 0.340 e. The molecule has 0 radical (unpaired) electrons. The van der Waals surface area contributed by atoms with Gasteiger partial charge in [-0.2, -0.15) is 0 Å². The highest BCUT2D eigenvalue weighted by Crippen LogP contribution is 2.20. The lowest BCUT2D eigenvalue weighted by Crippen LogP contribution is -2.48. The van der Waals surface area contributed by atoms with Gasteiger partial charge in [-0.1, -0.05) is 30.7 Å². The van der Waals surface area contributed by atoms with Gasteiger partial charge in [-0.3, -0.25) is 4.79 Å². The first-order valence-corrected chi connectivity index (χ1v) is 6.35. The second-order valence-corrected chi connectivity index (χ2v) is 4.69. The standard InChI is InChI=1S/C13H17ClN2O/c1-2-13(17)16-7-6-15-12(9-16)10-4-3-5-11(14)8-10/h3-5,8,12,15H,2,6-7,9H2,1H3. The Kier molecular flexibility index (Phi) is 4.02. The van der Waals surface area contributed by atoms with Crippen LogP contribution < -0.4 is 5.32 Å². The van der Waals surface area contributed by atoms with Gasteiger partial charge in [0, 0.05) is 37.1 Å². The van der Waals surface area contributed by atoms with E-state index in [-0.39, 0.29) is 11.9 Å². The number of nitrogens with one attached hydrogen (secondary N) is 1. The van der Waals surface area contributed by atoms with Crippen molar-refractivity contribution in [3.63, 3.8) is 0 Å². The van der Waals surface area contributed by atoms with Crippen LogP contribution in [0.3, 0.4) is 0 Å². The van der Waals surface area contributed by atoms with E-state index in [9.17, 15) is 4.79 Å². The molecule has 1 saturated heterocycles. The van der Waals surface area contributed by atoms with Crippen LogP contribution in [-0.4, -0.2) is 30.4 Å². The summed E-state index contributed by atoms with van der Waals surface area (Å²) in [5.74, 6) is 0.221. The third-order valence-corrected chi connectivity index (χ3v) is 3.32. The van der Waals surface area contributed by atoms with E-state index in [1.807, 2.05) is 36.1 Å². The Balaban J connectivity index is 2.09. The van der Waals surface area contributed by atoms with Crippen molar-refractivity contribution in [1.29, 1.82) is 0 Å². The summed E-state index contributed by atoms with van der Waals surface area (Å²) in [5, 5.41) is 4.16. The van der Waals surface area contributed by atoms with Crippen LogP contribution in [0.15, 0.2) is 24.3 Å². The highest BCUT2D eigenvalue weighted by molar-refractivity contribution is 6.30. The van der Waals surface area contributed by atoms with Gasteiger partial charge in [0.25, 0.3) is 0 Å². The minimum absolute atomic E-state index is 0.193. The molecule has 1 aliphatic heterocycles. The zero-order valence-corrected chi connectivity index (χ0v) is 10.7. The molecule has 2 rings (SSSR count). The van der Waals surface area contributed by atoms with E-state index in [4.69, 9.17) is 11.6 Å². The quantitative estimate of drug-likeness (QED) is 0.876. The number of carbonyl (C=O) groups is 1. The molecule has 1 aliphatic rings. The van der Waals surface area contributed by atoms with Crippen molar-refractivity contribution in [2.45, 2.75) is 19.4 Å². The van der Waals surface area contributed by atoms with Crippen LogP contribution in [0.5, 0.6) is 0 Å². The fourth-order valence-electron chi connectivity index (χ4n) is 2.15. The average molecular weight is 253 g/mol. The molecule has 0 spiro atoms. The molecule has 0 bridgehead atoms. The fourth-order valence-corrected chi connectivity index (χ4v) is 2.35. The number of nitrogens with zero attached hydrogens (tertiary/aromatic N) is 1. The van der Waals surface area contributed by atoms with Crippen LogP contribution in [0.25, 0.3) is 0 Å². The summed E-state index contributed by atoms with van der Waals surface area (Å²) in [7, 11) is 0. The predicted molar refractivity (Wildman–Crippen MR) is 69.1 cm³/mol. The van der Waals surface area contributed by atoms with Gasteiger partial charge in [0.05, 0.1) is 0 Å². The fraction of sp³-hybridized carbons (Fsp3) is 0.462. The van der Waals surface area contributed by atoms with Crippen molar-refractivity contribution < 1.29 is 4.79 Å². The summed E-state index contributed by atoms with van der Waals surface area (Å²) in [6.45, 7) is 4.26. The van der Waals surface area contributed by atoms with Crippen LogP contribution in [-0.2, 0) is 4.79 Å². The van der Waals surface area contributed by atoms with Crippen molar-refractivity contribution in [3.05, 3.63) is 34.9 Å². The van der Waals surface area contributed by atoms with Gasteiger partial charge < -0.3 is 10.2 Å². The molecule has 1 aromatic carbocycles. The van der Waals surface area contributed by atoms with Gasteiger partial charge in [-0.15, -0.1) is 0 Å². The summed E-state index contributed by atoms with van der Waals surface area (Å²) in [6.07, 6.45) is 0.572. The van der Waals surface area contributed by atoms with E-state index >= 15 is 0 Å². The molecule has 1 fully saturated rings. The van der Waals surface area contributed by atoms with E-state index < -0.39 is 0 Å². The number of amides is 1. The molecular formula is C13H17ClN2O. The molecule has 0 aliphatic carbocycles. The molecule has 1 N–H and O–H groups in total. The molecule has 1 unspecified atom stereocenters. The molecule has 0 saturated carbocycles. The highest BCUT2D eigenvalue weighted by Gasteiger charge is 2.23. The van der Waals surface area contributed by atoms with Crippen molar-refractivity contribution in [2.24, 2.45) is 0 Å². The summed E-state index contributed by atoms with van der Waals surface area (Å²) in [5.41, 5.74) is 1.14. The smallest absolute Gasteiger partial charge is 0.222 e. The van der Waals surface area contributed by atoms with Crippen molar-refractivity contribution in [1.82, 2.24) is 10.2 Å². The minimum atomic E-state index is 0.193. The first kappa shape index (κ1) is 12.4. The van der Waals surface area contributed by atoms with Crippen molar-refractivity contribution in [3.8, 4) is 0 Å². The first-order chi connectivity index (χ1) is 8.20. The molecule has 17 heavy (non-hydrogen) atoms. The zero-order chi connectivity index (χ0) is 12.3. The topological polar surface area (TPSA) is 32.3 Å². The SMILES string of the molecule is CCC(=O)N1CCNC(c2cccc(Cl)c2)C1. The third-order valence-electron chi connectivity index (χ3n) is 3.08. The first-order valence-electron chi connectivity index (χ1n) is 5.97. The summed E-state index contributed by atoms with van der Waals surface area (Å²) >= 11 is 5.98. The zero-order valence-electron chi connectivity index (χ0n) is 9.95. The van der Waals surface area contributed by atoms with Crippen LogP contribution in [0.1, 0.15) is 24.9 Å². The Morgan fingerprint density at radius 2 is 2.41 bits per heavy atom. The molecule has 1 heterocycles. The summed E-state index contributed by atoms with van der Waals surface area (Å²) in [6, 6.07) is 8.00. The lowest BCUT2D eigenvalue weighted by molar-refractivity contribution is -0.132. The average Bonchev–Trinajstić information content (AvgIpc) is 2.38. The molecule has 0 aromatic heterocycles. The van der Waals surface area contributed by atoms with Gasteiger partial charge in [-0.25, -0.2) is 0 Å². The van der Waals surface area contributed by atoms with Crippen LogP contribution in [0.2, 0.25) is 5.02 Å². The molecule has 92 valence electrons. The molecular weight excluding hydrogens is 236 g/mol. The maximum Gasteiger partial charge on any atom is 0.222 e. The second kappa shape index (κ2) is 5.52. The summed E-state index contributed by atoms with van der Waals surface area (Å²) < 4.78 is 0. The number of hydrogen-bond donors (Lipinski definition) is 1. The Bertz CT molecular complexity index is 408. The lowest BCUT2D eigenvalue weighted by atomic mass is 10.0. The molecule has 1 atom stereocenters. The van der Waals surface area contributed by atoms with Crippen LogP contribution in [0, 0.1) is 0 Å². The van der Waals surface area contributed by atoms with Gasteiger partial charge >= 0.3 is 0 Å². The molecule has 4 heteroatoms. The van der Waals surface area contributed by atoms with Gasteiger partial charge in [0.2, 0.25) is 5.91 Å². The third kappa shape index (κ3) is 2.99. The Hall–Kier alpha value is -1.06. The van der Waals surface area contributed by atoms with E-state index in [2.05, 4.69) is 5.32 Å². The van der Waals surface area contributed by atoms with Gasteiger partial charge in [0.1, 0.15) is 0 Å². The van der Waals surface area contributed by atoms with Crippen LogP contribution >= 0.6 is 11.6 Å². The highest BCUT2D eigenvalue weighted by atomic mass is 35.5. The molecule has 3 nitrogen and oxygen atoms in total. The van der Waals surface area contributed by atoms with E-state index in [0.717, 1.165) is 30.2 Å². The number of piperazine rings is 1. The number of carbonyl (C=O) groups excluding carboxylic acids is 1. The maximum atomic E-state index is 11.7. The minimum Gasteiger partial charge on any atom is -0.340 e. The lowest BCUT2D eigenvalue weighted by Gasteiger charge is -2.34. The Morgan fingerprint density at radius 1 is 1.59 bits per heavy atom. The predicted octanol–water partition coefficient (Wildman–Crippen LogP) is 2.22. The Labute approximate surface area is 107 Å². The number of benzene rings is 1. The normalized spacial score (nSPS) is 20.4. The summed E-state index contributed by atoms with van der Waals surface area (Å²) in [4.78, 5) is 13.6. The maximum absolute atomic E-state index is 11.7. The van der Waals surface area contributed by atoms with Gasteiger partial charge in [-0.05, 0) is 17.7 Å². The second-order valence-electron chi connectivity index (χ2n) is 4.26. The van der Waals surface area contributed by atoms with E-state index in [1.54, 1.807) is 0 Å². The van der Waals surface area contributed by atoms with Gasteiger partial charge in [0.15, 0.2) is 0 Å². The van der Waals surface area contributed by atoms with Crippen molar-refractivity contribution >= 4 is 17.5 Å². The monoisotopic (exact) mass is 252 g/mol. The molecule has 1 aromatic rings. The van der Waals surface area contributed by atoms with Crippen molar-refractivity contribution in [2.75, 3.05) is 19.6 Å². The van der Waals surface area contributed by atoms with E-state index in [1.165, 1.54) is 0 Å². The van der Waals surface area contributed by atoms with Crippen LogP contribution in [0.4, 0.5) is 0 Å². The van der Waals surface area contributed by atoms with E-state index in [0.29, 0.717) is 6.42 Å². The Morgan fingerprint density at radius 3 is 3.12 bits per heavy atom. The number of halogens is 1. The molecule has 1 amide bonds. The number of rotatable bonds is 2. The number of hydrogen-bond acceptors (Lipinski definition) is 2.